The molecule has 3 heterocycles. The third-order valence-corrected chi connectivity index (χ3v) is 7.49. The van der Waals surface area contributed by atoms with Crippen molar-refractivity contribution in [2.24, 2.45) is 7.05 Å². The quantitative estimate of drug-likeness (QED) is 0.487. The van der Waals surface area contributed by atoms with Gasteiger partial charge in [0.15, 0.2) is 0 Å². The minimum Gasteiger partial charge on any atom is -0.378 e. The van der Waals surface area contributed by atoms with Crippen LogP contribution >= 0.6 is 22.9 Å². The number of hydrogen-bond donors (Lipinski definition) is 2. The number of aryl methyl sites for hydroxylation is 1. The molecule has 1 aliphatic rings. The van der Waals surface area contributed by atoms with Gasteiger partial charge in [0.1, 0.15) is 28.2 Å². The summed E-state index contributed by atoms with van der Waals surface area (Å²) in [5.41, 5.74) is 2.04. The van der Waals surface area contributed by atoms with Crippen LogP contribution in [0.3, 0.4) is 0 Å². The maximum absolute atomic E-state index is 13.7. The fraction of sp³-hybridized carbons (Fsp3) is 0.458. The highest BCUT2D eigenvalue weighted by Crippen LogP contribution is 2.36. The molecule has 0 saturated carbocycles. The van der Waals surface area contributed by atoms with Crippen molar-refractivity contribution in [1.29, 1.82) is 0 Å². The first-order valence-corrected chi connectivity index (χ1v) is 12.7. The molecule has 0 unspecified atom stereocenters. The summed E-state index contributed by atoms with van der Waals surface area (Å²) in [6, 6.07) is 5.77. The monoisotopic (exact) mass is 502 g/mol. The Morgan fingerprint density at radius 1 is 1.38 bits per heavy atom. The molecule has 1 aliphatic heterocycles. The van der Waals surface area contributed by atoms with Crippen LogP contribution in [0.15, 0.2) is 34.6 Å². The number of nitrogens with zero attached hydrogens (tertiary/aromatic N) is 4. The molecule has 0 radical (unpaired) electrons. The van der Waals surface area contributed by atoms with E-state index in [1.54, 1.807) is 29.1 Å². The van der Waals surface area contributed by atoms with Gasteiger partial charge in [-0.2, -0.15) is 0 Å². The van der Waals surface area contributed by atoms with E-state index in [1.807, 2.05) is 56.4 Å². The number of rotatable bonds is 8. The Balaban J connectivity index is 1.82. The van der Waals surface area contributed by atoms with Gasteiger partial charge in [0.25, 0.3) is 5.56 Å². The van der Waals surface area contributed by atoms with Crippen LogP contribution in [-0.2, 0) is 23.7 Å². The predicted octanol–water partition coefficient (Wildman–Crippen LogP) is 3.50. The molecule has 0 aliphatic carbocycles. The van der Waals surface area contributed by atoms with Crippen LogP contribution in [0.25, 0.3) is 11.4 Å². The lowest BCUT2D eigenvalue weighted by atomic mass is 9.95. The average molecular weight is 503 g/mol. The van der Waals surface area contributed by atoms with E-state index in [2.05, 4.69) is 15.6 Å². The molecule has 34 heavy (non-hydrogen) atoms. The normalized spacial score (nSPS) is 20.0. The lowest BCUT2D eigenvalue weighted by molar-refractivity contribution is 0.0396. The van der Waals surface area contributed by atoms with E-state index in [1.165, 1.54) is 0 Å². The van der Waals surface area contributed by atoms with Gasteiger partial charge in [0.05, 0.1) is 10.7 Å². The molecule has 1 saturated heterocycles. The van der Waals surface area contributed by atoms with Crippen molar-refractivity contribution in [1.82, 2.24) is 19.9 Å². The van der Waals surface area contributed by atoms with Crippen molar-refractivity contribution < 1.29 is 4.74 Å². The summed E-state index contributed by atoms with van der Waals surface area (Å²) in [4.78, 5) is 25.2. The number of aromatic nitrogens is 3. The number of nitrogens with one attached hydrogen (secondary N) is 2. The zero-order valence-corrected chi connectivity index (χ0v) is 21.8. The summed E-state index contributed by atoms with van der Waals surface area (Å²) >= 11 is 8.17. The molecular formula is C24H31ClN6O2S. The van der Waals surface area contributed by atoms with Crippen molar-refractivity contribution in [2.75, 3.05) is 44.0 Å². The van der Waals surface area contributed by atoms with E-state index in [0.29, 0.717) is 48.3 Å². The molecule has 0 bridgehead atoms. The summed E-state index contributed by atoms with van der Waals surface area (Å²) in [7, 11) is 5.65. The highest BCUT2D eigenvalue weighted by atomic mass is 35.5. The van der Waals surface area contributed by atoms with Crippen LogP contribution in [0.2, 0.25) is 5.02 Å². The first-order valence-electron chi connectivity index (χ1n) is 11.4. The summed E-state index contributed by atoms with van der Waals surface area (Å²) in [5, 5.41) is 10.4. The van der Waals surface area contributed by atoms with Crippen molar-refractivity contribution in [3.8, 4) is 11.4 Å². The van der Waals surface area contributed by atoms with Gasteiger partial charge in [-0.3, -0.25) is 9.36 Å². The van der Waals surface area contributed by atoms with Crippen LogP contribution in [0.5, 0.6) is 0 Å². The maximum Gasteiger partial charge on any atom is 0.277 e. The Morgan fingerprint density at radius 3 is 2.79 bits per heavy atom. The Labute approximate surface area is 209 Å². The molecule has 2 aromatic heterocycles. The van der Waals surface area contributed by atoms with Gasteiger partial charge in [0, 0.05) is 63.7 Å². The van der Waals surface area contributed by atoms with E-state index in [0.717, 1.165) is 16.3 Å². The van der Waals surface area contributed by atoms with Crippen LogP contribution in [0.1, 0.15) is 24.5 Å². The number of halogens is 1. The highest BCUT2D eigenvalue weighted by molar-refractivity contribution is 7.09. The summed E-state index contributed by atoms with van der Waals surface area (Å²) in [6.45, 7) is 5.80. The number of anilines is 2. The average Bonchev–Trinajstić information content (AvgIpc) is 3.49. The fourth-order valence-electron chi connectivity index (χ4n) is 4.38. The van der Waals surface area contributed by atoms with Crippen molar-refractivity contribution in [3.63, 3.8) is 0 Å². The molecule has 0 amide bonds. The van der Waals surface area contributed by atoms with E-state index in [9.17, 15) is 4.79 Å². The summed E-state index contributed by atoms with van der Waals surface area (Å²) in [6.07, 6.45) is 2.19. The Bertz CT molecular complexity index is 1210. The van der Waals surface area contributed by atoms with E-state index >= 15 is 0 Å². The Kier molecular flexibility index (Phi) is 7.28. The molecule has 0 spiro atoms. The largest absolute Gasteiger partial charge is 0.378 e. The minimum atomic E-state index is -0.658. The van der Waals surface area contributed by atoms with Crippen LogP contribution < -0.4 is 21.1 Å². The van der Waals surface area contributed by atoms with Gasteiger partial charge in [0.2, 0.25) is 0 Å². The summed E-state index contributed by atoms with van der Waals surface area (Å²) < 4.78 is 7.65. The molecule has 1 aromatic carbocycles. The minimum absolute atomic E-state index is 0.160. The highest BCUT2D eigenvalue weighted by Gasteiger charge is 2.48. The third kappa shape index (κ3) is 4.33. The molecule has 8 nitrogen and oxygen atoms in total. The molecule has 10 heteroatoms. The first kappa shape index (κ1) is 24.7. The van der Waals surface area contributed by atoms with Gasteiger partial charge in [-0.05, 0) is 31.5 Å². The lowest BCUT2D eigenvalue weighted by Gasteiger charge is -2.34. The van der Waals surface area contributed by atoms with Crippen molar-refractivity contribution in [3.05, 3.63) is 55.9 Å². The molecular weight excluding hydrogens is 472 g/mol. The summed E-state index contributed by atoms with van der Waals surface area (Å²) in [5.74, 6) is 0.539. The van der Waals surface area contributed by atoms with Gasteiger partial charge in [-0.25, -0.2) is 9.97 Å². The number of hydrogen-bond acceptors (Lipinski definition) is 8. The van der Waals surface area contributed by atoms with Gasteiger partial charge >= 0.3 is 0 Å². The van der Waals surface area contributed by atoms with E-state index < -0.39 is 5.54 Å². The Morgan fingerprint density at radius 2 is 2.18 bits per heavy atom. The second-order valence-corrected chi connectivity index (χ2v) is 9.84. The van der Waals surface area contributed by atoms with Crippen molar-refractivity contribution >= 4 is 34.3 Å². The topological polar surface area (TPSA) is 84.3 Å². The lowest BCUT2D eigenvalue weighted by Crippen LogP contribution is -2.49. The second kappa shape index (κ2) is 10.0. The van der Waals surface area contributed by atoms with Crippen LogP contribution in [-0.4, -0.2) is 54.4 Å². The van der Waals surface area contributed by atoms with Crippen LogP contribution in [0.4, 0.5) is 11.4 Å². The number of benzene rings is 1. The molecule has 1 fully saturated rings. The molecule has 182 valence electrons. The third-order valence-electron chi connectivity index (χ3n) is 6.22. The van der Waals surface area contributed by atoms with Gasteiger partial charge in [-0.15, -0.1) is 11.3 Å². The molecule has 2 atom stereocenters. The zero-order valence-electron chi connectivity index (χ0n) is 20.2. The molecule has 2 N–H and O–H groups in total. The maximum atomic E-state index is 13.7. The molecule has 3 aromatic rings. The number of thiazole rings is 1. The smallest absolute Gasteiger partial charge is 0.277 e. The van der Waals surface area contributed by atoms with Gasteiger partial charge in [-0.1, -0.05) is 18.5 Å². The Hall–Kier alpha value is -2.46. The molecule has 4 rings (SSSR count). The number of ether oxygens (including phenoxy) is 1. The zero-order chi connectivity index (χ0) is 24.5. The van der Waals surface area contributed by atoms with Crippen LogP contribution in [0, 0.1) is 0 Å². The van der Waals surface area contributed by atoms with E-state index in [4.69, 9.17) is 21.3 Å². The standard InChI is InChI=1S/C24H31ClN6O2S/c1-6-18-20(29-24(23-27-10-11-34-23)14-26-13-19(24)33-7-2)22(32)31(5)21(28-18)16-9-8-15(30(3)4)12-17(16)25/h8-12,19,26,29H,6-7,13-14H2,1-5H3/t19-,24+/m0/s1. The van der Waals surface area contributed by atoms with Gasteiger partial charge < -0.3 is 20.3 Å². The fourth-order valence-corrected chi connectivity index (χ4v) is 5.48. The predicted molar refractivity (Wildman–Crippen MR) is 139 cm³/mol. The second-order valence-electron chi connectivity index (χ2n) is 8.54. The van der Waals surface area contributed by atoms with Crippen molar-refractivity contribution in [2.45, 2.75) is 31.9 Å². The van der Waals surface area contributed by atoms with E-state index in [-0.39, 0.29) is 11.7 Å². The SMILES string of the molecule is CCO[C@H]1CNC[C@]1(Nc1c(CC)nc(-c2ccc(N(C)C)cc2Cl)n(C)c1=O)c1nccs1. The first-order chi connectivity index (χ1) is 16.3.